The number of carbonyl (C=O) groups is 3. The van der Waals surface area contributed by atoms with Crippen LogP contribution in [-0.2, 0) is 9.59 Å². The van der Waals surface area contributed by atoms with Crippen molar-refractivity contribution in [3.8, 4) is 0 Å². The highest BCUT2D eigenvalue weighted by Gasteiger charge is 2.49. The Morgan fingerprint density at radius 1 is 1.32 bits per heavy atom. The Labute approximate surface area is 129 Å². The maximum Gasteiger partial charge on any atom is 0.325 e. The number of urea groups is 1. The van der Waals surface area contributed by atoms with Crippen molar-refractivity contribution in [2.45, 2.75) is 45.7 Å². The van der Waals surface area contributed by atoms with Crippen molar-refractivity contribution in [3.63, 3.8) is 0 Å². The van der Waals surface area contributed by atoms with E-state index in [1.807, 2.05) is 26.0 Å². The minimum absolute atomic E-state index is 0.369. The fourth-order valence-corrected chi connectivity index (χ4v) is 2.30. The zero-order chi connectivity index (χ0) is 16.5. The van der Waals surface area contributed by atoms with Crippen molar-refractivity contribution >= 4 is 23.5 Å². The summed E-state index contributed by atoms with van der Waals surface area (Å²) in [5.41, 5.74) is 0.779. The summed E-state index contributed by atoms with van der Waals surface area (Å²) >= 11 is 0. The number of anilines is 1. The monoisotopic (exact) mass is 303 g/mol. The van der Waals surface area contributed by atoms with E-state index < -0.39 is 23.5 Å². The molecule has 1 heterocycles. The van der Waals surface area contributed by atoms with Gasteiger partial charge in [0.1, 0.15) is 11.6 Å². The molecule has 6 heteroatoms. The molecule has 0 aliphatic carbocycles. The predicted molar refractivity (Wildman–Crippen MR) is 83.3 cm³/mol. The largest absolute Gasteiger partial charge is 0.325 e. The van der Waals surface area contributed by atoms with Gasteiger partial charge in [0.05, 0.1) is 0 Å². The van der Waals surface area contributed by atoms with E-state index in [9.17, 15) is 14.4 Å². The molecule has 4 amide bonds. The molecule has 1 saturated heterocycles. The molecule has 0 aromatic heterocycles. The second kappa shape index (κ2) is 5.79. The maximum atomic E-state index is 12.4. The molecule has 0 radical (unpaired) electrons. The standard InChI is InChI=1S/C16H21N3O3/c1-5-16(4)14(21)19(15(22)18-16)11(3)13(20)17-12-8-6-10(2)7-9-12/h6-9,11H,5H2,1-4H3,(H,17,20)(H,18,22)/t11-,16+/m0/s1. The summed E-state index contributed by atoms with van der Waals surface area (Å²) in [6.45, 7) is 6.98. The molecule has 1 aliphatic rings. The molecule has 0 saturated carbocycles. The van der Waals surface area contributed by atoms with Gasteiger partial charge in [0, 0.05) is 5.69 Å². The first kappa shape index (κ1) is 16.0. The topological polar surface area (TPSA) is 78.5 Å². The summed E-state index contributed by atoms with van der Waals surface area (Å²) in [6.07, 6.45) is 0.473. The van der Waals surface area contributed by atoms with Crippen LogP contribution in [0.25, 0.3) is 0 Å². The molecule has 0 spiro atoms. The van der Waals surface area contributed by atoms with E-state index in [0.29, 0.717) is 12.1 Å². The highest BCUT2D eigenvalue weighted by atomic mass is 16.2. The van der Waals surface area contributed by atoms with Crippen LogP contribution in [0.3, 0.4) is 0 Å². The molecule has 1 fully saturated rings. The van der Waals surface area contributed by atoms with Gasteiger partial charge in [-0.15, -0.1) is 0 Å². The van der Waals surface area contributed by atoms with Crippen LogP contribution in [0.5, 0.6) is 0 Å². The number of imide groups is 1. The molecular formula is C16H21N3O3. The third-order valence-corrected chi connectivity index (χ3v) is 4.09. The van der Waals surface area contributed by atoms with Crippen molar-refractivity contribution in [1.29, 1.82) is 0 Å². The quantitative estimate of drug-likeness (QED) is 0.836. The van der Waals surface area contributed by atoms with E-state index in [1.54, 1.807) is 26.0 Å². The molecule has 1 aromatic carbocycles. The highest BCUT2D eigenvalue weighted by molar-refractivity contribution is 6.10. The van der Waals surface area contributed by atoms with Crippen LogP contribution in [-0.4, -0.2) is 34.3 Å². The van der Waals surface area contributed by atoms with Gasteiger partial charge in [-0.25, -0.2) is 9.69 Å². The highest BCUT2D eigenvalue weighted by Crippen LogP contribution is 2.23. The zero-order valence-electron chi connectivity index (χ0n) is 13.3. The Balaban J connectivity index is 2.12. The molecule has 1 aromatic rings. The van der Waals surface area contributed by atoms with Crippen LogP contribution in [0.1, 0.15) is 32.8 Å². The van der Waals surface area contributed by atoms with Crippen molar-refractivity contribution in [2.75, 3.05) is 5.32 Å². The number of nitrogens with one attached hydrogen (secondary N) is 2. The average Bonchev–Trinajstić information content (AvgIpc) is 2.71. The number of nitrogens with zero attached hydrogens (tertiary/aromatic N) is 1. The second-order valence-corrected chi connectivity index (χ2v) is 5.82. The van der Waals surface area contributed by atoms with Gasteiger partial charge in [-0.3, -0.25) is 9.59 Å². The summed E-state index contributed by atoms with van der Waals surface area (Å²) in [4.78, 5) is 37.7. The van der Waals surface area contributed by atoms with Crippen LogP contribution in [0.15, 0.2) is 24.3 Å². The predicted octanol–water partition coefficient (Wildman–Crippen LogP) is 2.04. The third kappa shape index (κ3) is 2.81. The van der Waals surface area contributed by atoms with Crippen molar-refractivity contribution in [1.82, 2.24) is 10.2 Å². The first-order chi connectivity index (χ1) is 10.3. The van der Waals surface area contributed by atoms with E-state index in [-0.39, 0.29) is 5.91 Å². The van der Waals surface area contributed by atoms with E-state index >= 15 is 0 Å². The van der Waals surface area contributed by atoms with Gasteiger partial charge in [-0.05, 0) is 39.3 Å². The number of carbonyl (C=O) groups excluding carboxylic acids is 3. The lowest BCUT2D eigenvalue weighted by Crippen LogP contribution is -2.47. The van der Waals surface area contributed by atoms with Gasteiger partial charge in [-0.1, -0.05) is 24.6 Å². The first-order valence-electron chi connectivity index (χ1n) is 7.32. The summed E-state index contributed by atoms with van der Waals surface area (Å²) in [7, 11) is 0. The fraction of sp³-hybridized carbons (Fsp3) is 0.438. The van der Waals surface area contributed by atoms with Crippen LogP contribution in [0.2, 0.25) is 0 Å². The number of benzene rings is 1. The van der Waals surface area contributed by atoms with E-state index in [4.69, 9.17) is 0 Å². The van der Waals surface area contributed by atoms with E-state index in [2.05, 4.69) is 10.6 Å². The molecule has 2 atom stereocenters. The van der Waals surface area contributed by atoms with Gasteiger partial charge >= 0.3 is 6.03 Å². The SMILES string of the molecule is CC[C@@]1(C)NC(=O)N([C@@H](C)C(=O)Nc2ccc(C)cc2)C1=O. The summed E-state index contributed by atoms with van der Waals surface area (Å²) in [5.74, 6) is -0.765. The lowest BCUT2D eigenvalue weighted by Gasteiger charge is -2.23. The molecule has 2 rings (SSSR count). The number of amides is 4. The Kier molecular flexibility index (Phi) is 4.21. The number of hydrogen-bond acceptors (Lipinski definition) is 3. The fourth-order valence-electron chi connectivity index (χ4n) is 2.30. The molecule has 22 heavy (non-hydrogen) atoms. The minimum atomic E-state index is -0.935. The van der Waals surface area contributed by atoms with Crippen LogP contribution >= 0.6 is 0 Å². The summed E-state index contributed by atoms with van der Waals surface area (Å²) in [6, 6.07) is 5.91. The normalized spacial score (nSPS) is 22.5. The third-order valence-electron chi connectivity index (χ3n) is 4.09. The Hall–Kier alpha value is -2.37. The lowest BCUT2D eigenvalue weighted by atomic mass is 9.99. The summed E-state index contributed by atoms with van der Waals surface area (Å²) in [5, 5.41) is 5.36. The van der Waals surface area contributed by atoms with Gasteiger partial charge in [-0.2, -0.15) is 0 Å². The van der Waals surface area contributed by atoms with Crippen molar-refractivity contribution < 1.29 is 14.4 Å². The lowest BCUT2D eigenvalue weighted by molar-refractivity contribution is -0.136. The second-order valence-electron chi connectivity index (χ2n) is 5.82. The zero-order valence-corrected chi connectivity index (χ0v) is 13.3. The Morgan fingerprint density at radius 2 is 1.91 bits per heavy atom. The van der Waals surface area contributed by atoms with Crippen LogP contribution in [0.4, 0.5) is 10.5 Å². The molecule has 0 unspecified atom stereocenters. The Morgan fingerprint density at radius 3 is 2.41 bits per heavy atom. The summed E-state index contributed by atoms with van der Waals surface area (Å²) < 4.78 is 0. The van der Waals surface area contributed by atoms with Crippen molar-refractivity contribution in [2.24, 2.45) is 0 Å². The number of rotatable bonds is 4. The van der Waals surface area contributed by atoms with Crippen LogP contribution in [0, 0.1) is 6.92 Å². The molecule has 0 bridgehead atoms. The Bertz CT molecular complexity index is 612. The number of hydrogen-bond donors (Lipinski definition) is 2. The molecule has 118 valence electrons. The van der Waals surface area contributed by atoms with E-state index in [0.717, 1.165) is 10.5 Å². The molecule has 6 nitrogen and oxygen atoms in total. The van der Waals surface area contributed by atoms with Gasteiger partial charge in [0.25, 0.3) is 5.91 Å². The number of aryl methyl sites for hydroxylation is 1. The van der Waals surface area contributed by atoms with Gasteiger partial charge in [0.15, 0.2) is 0 Å². The van der Waals surface area contributed by atoms with Gasteiger partial charge < -0.3 is 10.6 Å². The smallest absolute Gasteiger partial charge is 0.324 e. The van der Waals surface area contributed by atoms with Crippen molar-refractivity contribution in [3.05, 3.63) is 29.8 Å². The maximum absolute atomic E-state index is 12.4. The molecule has 2 N–H and O–H groups in total. The minimum Gasteiger partial charge on any atom is -0.324 e. The first-order valence-corrected chi connectivity index (χ1v) is 7.32. The van der Waals surface area contributed by atoms with Crippen LogP contribution < -0.4 is 10.6 Å². The molecular weight excluding hydrogens is 282 g/mol. The molecule has 1 aliphatic heterocycles. The average molecular weight is 303 g/mol. The van der Waals surface area contributed by atoms with E-state index in [1.165, 1.54) is 0 Å². The van der Waals surface area contributed by atoms with Gasteiger partial charge in [0.2, 0.25) is 5.91 Å².